The number of aromatic nitrogens is 1. The van der Waals surface area contributed by atoms with E-state index in [1.54, 1.807) is 0 Å². The van der Waals surface area contributed by atoms with Crippen LogP contribution in [0.15, 0.2) is 36.7 Å². The predicted octanol–water partition coefficient (Wildman–Crippen LogP) is 3.22. The van der Waals surface area contributed by atoms with E-state index in [9.17, 15) is 14.9 Å². The molecule has 1 heterocycles. The molecule has 0 fully saturated rings. The number of hydrogen-bond donors (Lipinski definition) is 0. The molecule has 2 aromatic rings. The number of benzene rings is 1. The number of halogens is 1. The molecule has 2 rings (SSSR count). The van der Waals surface area contributed by atoms with Gasteiger partial charge in [-0.2, -0.15) is 0 Å². The minimum atomic E-state index is -0.668. The van der Waals surface area contributed by atoms with Gasteiger partial charge in [0.05, 0.1) is 18.2 Å². The second kappa shape index (κ2) is 6.19. The molecule has 0 aliphatic carbocycles. The molecule has 0 aliphatic heterocycles. The van der Waals surface area contributed by atoms with Gasteiger partial charge in [-0.25, -0.2) is 4.79 Å². The lowest BCUT2D eigenvalue weighted by molar-refractivity contribution is -0.385. The molecule has 0 atom stereocenters. The summed E-state index contributed by atoms with van der Waals surface area (Å²) in [5.74, 6) is -0.670. The maximum atomic E-state index is 11.7. The second-order valence-electron chi connectivity index (χ2n) is 3.83. The zero-order valence-electron chi connectivity index (χ0n) is 10.8. The smallest absolute Gasteiger partial charge is 0.341 e. The quantitative estimate of drug-likeness (QED) is 0.489. The predicted molar refractivity (Wildman–Crippen MR) is 73.8 cm³/mol. The number of carbonyl (C=O) groups excluding carboxylic acids is 1. The Labute approximate surface area is 124 Å². The van der Waals surface area contributed by atoms with Crippen molar-refractivity contribution < 1.29 is 19.2 Å². The van der Waals surface area contributed by atoms with Crippen LogP contribution in [0.25, 0.3) is 0 Å². The van der Waals surface area contributed by atoms with Crippen LogP contribution in [0, 0.1) is 10.1 Å². The Morgan fingerprint density at radius 1 is 1.33 bits per heavy atom. The van der Waals surface area contributed by atoms with E-state index in [2.05, 4.69) is 9.72 Å². The molecule has 0 saturated heterocycles. The van der Waals surface area contributed by atoms with Crippen molar-refractivity contribution in [2.24, 2.45) is 0 Å². The lowest BCUT2D eigenvalue weighted by Gasteiger charge is -2.10. The molecule has 108 valence electrons. The zero-order chi connectivity index (χ0) is 15.4. The first-order valence-corrected chi connectivity index (χ1v) is 6.05. The Bertz CT molecular complexity index is 705. The fraction of sp³-hybridized carbons (Fsp3) is 0.0769. The monoisotopic (exact) mass is 308 g/mol. The number of esters is 1. The van der Waals surface area contributed by atoms with E-state index in [4.69, 9.17) is 16.3 Å². The average Bonchev–Trinajstić information content (AvgIpc) is 2.48. The number of rotatable bonds is 4. The Kier molecular flexibility index (Phi) is 4.34. The van der Waals surface area contributed by atoms with E-state index >= 15 is 0 Å². The van der Waals surface area contributed by atoms with Gasteiger partial charge in [-0.15, -0.1) is 0 Å². The molecule has 1 aromatic carbocycles. The van der Waals surface area contributed by atoms with Crippen molar-refractivity contribution in [1.82, 2.24) is 4.98 Å². The molecule has 0 radical (unpaired) electrons. The van der Waals surface area contributed by atoms with Gasteiger partial charge < -0.3 is 9.47 Å². The average molecular weight is 309 g/mol. The molecule has 0 spiro atoms. The van der Waals surface area contributed by atoms with Crippen molar-refractivity contribution in [3.63, 3.8) is 0 Å². The first-order chi connectivity index (χ1) is 10.0. The number of nitro groups is 1. The SMILES string of the molecule is COC(=O)c1cc(Cl)ccc1Oc1cnccc1[N+](=O)[O-]. The van der Waals surface area contributed by atoms with Gasteiger partial charge in [0.2, 0.25) is 5.75 Å². The van der Waals surface area contributed by atoms with Gasteiger partial charge in [-0.3, -0.25) is 15.1 Å². The van der Waals surface area contributed by atoms with Gasteiger partial charge in [0.1, 0.15) is 11.3 Å². The van der Waals surface area contributed by atoms with Gasteiger partial charge >= 0.3 is 11.7 Å². The van der Waals surface area contributed by atoms with Crippen LogP contribution < -0.4 is 4.74 Å². The summed E-state index contributed by atoms with van der Waals surface area (Å²) in [5, 5.41) is 11.2. The van der Waals surface area contributed by atoms with Crippen molar-refractivity contribution >= 4 is 23.3 Å². The highest BCUT2D eigenvalue weighted by Gasteiger charge is 2.19. The minimum Gasteiger partial charge on any atom is -0.465 e. The summed E-state index contributed by atoms with van der Waals surface area (Å²) < 4.78 is 10.0. The highest BCUT2D eigenvalue weighted by molar-refractivity contribution is 6.31. The molecular weight excluding hydrogens is 300 g/mol. The third-order valence-corrected chi connectivity index (χ3v) is 2.76. The van der Waals surface area contributed by atoms with E-state index in [1.165, 1.54) is 43.8 Å². The van der Waals surface area contributed by atoms with Gasteiger partial charge in [-0.05, 0) is 18.2 Å². The topological polar surface area (TPSA) is 91.6 Å². The first-order valence-electron chi connectivity index (χ1n) is 5.67. The molecule has 0 N–H and O–H groups in total. The highest BCUT2D eigenvalue weighted by Crippen LogP contribution is 2.33. The zero-order valence-corrected chi connectivity index (χ0v) is 11.5. The van der Waals surface area contributed by atoms with Gasteiger partial charge in [0, 0.05) is 17.3 Å². The van der Waals surface area contributed by atoms with Crippen molar-refractivity contribution in [2.75, 3.05) is 7.11 Å². The molecular formula is C13H9ClN2O5. The van der Waals surface area contributed by atoms with E-state index < -0.39 is 10.9 Å². The highest BCUT2D eigenvalue weighted by atomic mass is 35.5. The van der Waals surface area contributed by atoms with Crippen LogP contribution in [0.2, 0.25) is 5.02 Å². The molecule has 0 unspecified atom stereocenters. The summed E-state index contributed by atoms with van der Waals surface area (Å²) in [6, 6.07) is 5.46. The fourth-order valence-corrected chi connectivity index (χ4v) is 1.75. The molecule has 0 bridgehead atoms. The van der Waals surface area contributed by atoms with E-state index in [0.29, 0.717) is 5.02 Å². The van der Waals surface area contributed by atoms with Crippen molar-refractivity contribution in [3.05, 3.63) is 57.4 Å². The standard InChI is InChI=1S/C13H9ClN2O5/c1-20-13(17)9-6-8(14)2-3-11(9)21-12-7-15-5-4-10(12)16(18)19/h2-7H,1H3. The van der Waals surface area contributed by atoms with Gasteiger partial charge in [0.25, 0.3) is 0 Å². The van der Waals surface area contributed by atoms with Gasteiger partial charge in [0.15, 0.2) is 0 Å². The number of methoxy groups -OCH3 is 1. The minimum absolute atomic E-state index is 0.0585. The van der Waals surface area contributed by atoms with Crippen LogP contribution in [-0.2, 0) is 4.74 Å². The largest absolute Gasteiger partial charge is 0.465 e. The lowest BCUT2D eigenvalue weighted by Crippen LogP contribution is -2.04. The van der Waals surface area contributed by atoms with Crippen molar-refractivity contribution in [1.29, 1.82) is 0 Å². The molecule has 7 nitrogen and oxygen atoms in total. The van der Waals surface area contributed by atoms with E-state index in [-0.39, 0.29) is 22.7 Å². The first kappa shape index (κ1) is 14.7. The molecule has 8 heteroatoms. The maximum Gasteiger partial charge on any atom is 0.341 e. The van der Waals surface area contributed by atoms with Crippen LogP contribution in [0.5, 0.6) is 11.5 Å². The summed E-state index contributed by atoms with van der Waals surface area (Å²) in [5.41, 5.74) is -0.209. The van der Waals surface area contributed by atoms with E-state index in [0.717, 1.165) is 0 Å². The number of nitrogens with zero attached hydrogens (tertiary/aromatic N) is 2. The third-order valence-electron chi connectivity index (χ3n) is 2.53. The summed E-state index contributed by atoms with van der Waals surface area (Å²) >= 11 is 5.82. The van der Waals surface area contributed by atoms with Crippen molar-refractivity contribution in [3.8, 4) is 11.5 Å². The molecule has 0 amide bonds. The Hall–Kier alpha value is -2.67. The number of pyridine rings is 1. The number of carbonyl (C=O) groups is 1. The lowest BCUT2D eigenvalue weighted by atomic mass is 10.2. The number of hydrogen-bond acceptors (Lipinski definition) is 6. The summed E-state index contributed by atoms with van der Waals surface area (Å²) in [6.45, 7) is 0. The van der Waals surface area contributed by atoms with Crippen molar-refractivity contribution in [2.45, 2.75) is 0 Å². The molecule has 0 saturated carbocycles. The molecule has 21 heavy (non-hydrogen) atoms. The molecule has 1 aromatic heterocycles. The van der Waals surface area contributed by atoms with Crippen LogP contribution in [0.1, 0.15) is 10.4 Å². The van der Waals surface area contributed by atoms with Crippen LogP contribution in [0.3, 0.4) is 0 Å². The summed E-state index contributed by atoms with van der Waals surface area (Å²) in [7, 11) is 1.21. The van der Waals surface area contributed by atoms with E-state index in [1.807, 2.05) is 0 Å². The van der Waals surface area contributed by atoms with Crippen LogP contribution in [0.4, 0.5) is 5.69 Å². The van der Waals surface area contributed by atoms with Gasteiger partial charge in [-0.1, -0.05) is 11.6 Å². The Morgan fingerprint density at radius 3 is 2.76 bits per heavy atom. The normalized spacial score (nSPS) is 10.0. The Morgan fingerprint density at radius 2 is 2.10 bits per heavy atom. The second-order valence-corrected chi connectivity index (χ2v) is 4.27. The van der Waals surface area contributed by atoms with Crippen LogP contribution in [-0.4, -0.2) is 23.0 Å². The summed E-state index contributed by atoms with van der Waals surface area (Å²) in [4.78, 5) is 25.8. The maximum absolute atomic E-state index is 11.7. The summed E-state index contributed by atoms with van der Waals surface area (Å²) in [6.07, 6.45) is 2.46. The third kappa shape index (κ3) is 3.26. The van der Waals surface area contributed by atoms with Crippen LogP contribution >= 0.6 is 11.6 Å². The number of ether oxygens (including phenoxy) is 2. The fourth-order valence-electron chi connectivity index (χ4n) is 1.58. The molecule has 0 aliphatic rings. The Balaban J connectivity index is 2.45.